The lowest BCUT2D eigenvalue weighted by Gasteiger charge is -2.14. The Balaban J connectivity index is 2.41. The molecule has 0 saturated carbocycles. The Kier molecular flexibility index (Phi) is 3.57. The molecule has 2 nitrogen and oxygen atoms in total. The van der Waals surface area contributed by atoms with Gasteiger partial charge >= 0.3 is 6.18 Å². The number of halogens is 4. The molecule has 0 unspecified atom stereocenters. The van der Waals surface area contributed by atoms with Crippen molar-refractivity contribution in [2.75, 3.05) is 11.1 Å². The molecule has 2 aromatic carbocycles. The summed E-state index contributed by atoms with van der Waals surface area (Å²) in [6, 6.07) is 7.13. The molecule has 0 aliphatic heterocycles. The quantitative estimate of drug-likeness (QED) is 0.630. The van der Waals surface area contributed by atoms with Gasteiger partial charge in [0.1, 0.15) is 5.82 Å². The van der Waals surface area contributed by atoms with E-state index in [2.05, 4.69) is 5.32 Å². The summed E-state index contributed by atoms with van der Waals surface area (Å²) in [7, 11) is 0. The average Bonchev–Trinajstić information content (AvgIpc) is 2.36. The van der Waals surface area contributed by atoms with Gasteiger partial charge in [0.25, 0.3) is 0 Å². The topological polar surface area (TPSA) is 38.0 Å². The highest BCUT2D eigenvalue weighted by Crippen LogP contribution is 2.33. The van der Waals surface area contributed by atoms with Crippen LogP contribution in [0, 0.1) is 12.7 Å². The molecule has 0 saturated heterocycles. The normalized spacial score (nSPS) is 11.4. The summed E-state index contributed by atoms with van der Waals surface area (Å²) in [4.78, 5) is 0. The van der Waals surface area contributed by atoms with Crippen LogP contribution < -0.4 is 11.1 Å². The average molecular weight is 284 g/mol. The Bertz CT molecular complexity index is 636. The molecule has 106 valence electrons. The van der Waals surface area contributed by atoms with Crippen LogP contribution in [0.25, 0.3) is 0 Å². The van der Waals surface area contributed by atoms with Crippen molar-refractivity contribution < 1.29 is 17.6 Å². The van der Waals surface area contributed by atoms with Crippen molar-refractivity contribution in [3.05, 3.63) is 53.3 Å². The van der Waals surface area contributed by atoms with Crippen molar-refractivity contribution in [2.24, 2.45) is 0 Å². The van der Waals surface area contributed by atoms with Gasteiger partial charge in [-0.25, -0.2) is 4.39 Å². The second kappa shape index (κ2) is 5.03. The lowest BCUT2D eigenvalue weighted by molar-refractivity contribution is -0.137. The molecule has 0 aromatic heterocycles. The van der Waals surface area contributed by atoms with E-state index in [1.807, 2.05) is 0 Å². The van der Waals surface area contributed by atoms with Gasteiger partial charge in [0, 0.05) is 11.4 Å². The zero-order valence-corrected chi connectivity index (χ0v) is 10.6. The lowest BCUT2D eigenvalue weighted by atomic mass is 10.1. The number of anilines is 3. The molecule has 0 radical (unpaired) electrons. The highest BCUT2D eigenvalue weighted by molar-refractivity contribution is 5.69. The fourth-order valence-electron chi connectivity index (χ4n) is 1.73. The largest absolute Gasteiger partial charge is 0.416 e. The molecule has 2 rings (SSSR count). The highest BCUT2D eigenvalue weighted by atomic mass is 19.4. The van der Waals surface area contributed by atoms with Crippen molar-refractivity contribution in [3.63, 3.8) is 0 Å². The van der Waals surface area contributed by atoms with Gasteiger partial charge in [-0.1, -0.05) is 6.07 Å². The van der Waals surface area contributed by atoms with Crippen LogP contribution in [0.5, 0.6) is 0 Å². The lowest BCUT2D eigenvalue weighted by Crippen LogP contribution is -2.06. The van der Waals surface area contributed by atoms with E-state index in [-0.39, 0.29) is 5.69 Å². The highest BCUT2D eigenvalue weighted by Gasteiger charge is 2.31. The van der Waals surface area contributed by atoms with E-state index in [4.69, 9.17) is 5.73 Å². The van der Waals surface area contributed by atoms with Gasteiger partial charge in [-0.3, -0.25) is 0 Å². The second-order valence-electron chi connectivity index (χ2n) is 4.34. The minimum atomic E-state index is -4.52. The Labute approximate surface area is 113 Å². The number of hydrogen-bond donors (Lipinski definition) is 2. The van der Waals surface area contributed by atoms with Crippen LogP contribution >= 0.6 is 0 Å². The summed E-state index contributed by atoms with van der Waals surface area (Å²) in [6.07, 6.45) is -4.52. The molecule has 0 aliphatic carbocycles. The van der Waals surface area contributed by atoms with Crippen LogP contribution in [0.3, 0.4) is 0 Å². The first-order valence-electron chi connectivity index (χ1n) is 5.78. The molecule has 0 spiro atoms. The van der Waals surface area contributed by atoms with Crippen LogP contribution in [-0.2, 0) is 6.18 Å². The first kappa shape index (κ1) is 14.2. The number of nitrogens with two attached hydrogens (primary N) is 1. The zero-order valence-electron chi connectivity index (χ0n) is 10.6. The maximum Gasteiger partial charge on any atom is 0.416 e. The molecule has 0 atom stereocenters. The van der Waals surface area contributed by atoms with Crippen molar-refractivity contribution in [3.8, 4) is 0 Å². The summed E-state index contributed by atoms with van der Waals surface area (Å²) in [5, 5.41) is 2.64. The Morgan fingerprint density at radius 3 is 2.40 bits per heavy atom. The molecule has 0 aliphatic rings. The van der Waals surface area contributed by atoms with Gasteiger partial charge in [0.05, 0.1) is 11.3 Å². The summed E-state index contributed by atoms with van der Waals surface area (Å²) < 4.78 is 51.4. The van der Waals surface area contributed by atoms with Crippen LogP contribution in [-0.4, -0.2) is 0 Å². The number of alkyl halides is 3. The molecule has 0 bridgehead atoms. The third kappa shape index (κ3) is 2.84. The van der Waals surface area contributed by atoms with E-state index < -0.39 is 17.6 Å². The number of hydrogen-bond acceptors (Lipinski definition) is 2. The third-order valence-electron chi connectivity index (χ3n) is 2.94. The minimum Gasteiger partial charge on any atom is -0.398 e. The molecule has 2 aromatic rings. The number of benzene rings is 2. The first-order chi connectivity index (χ1) is 9.29. The monoisotopic (exact) mass is 284 g/mol. The van der Waals surface area contributed by atoms with Crippen molar-refractivity contribution in [1.82, 2.24) is 0 Å². The van der Waals surface area contributed by atoms with Crippen LogP contribution in [0.1, 0.15) is 11.1 Å². The Morgan fingerprint density at radius 2 is 1.75 bits per heavy atom. The SMILES string of the molecule is Cc1c(N)cccc1Nc1cc(C(F)(F)F)ccc1F. The minimum absolute atomic E-state index is 0.242. The van der Waals surface area contributed by atoms with E-state index in [0.29, 0.717) is 23.0 Å². The molecule has 0 amide bonds. The summed E-state index contributed by atoms with van der Waals surface area (Å²) in [6.45, 7) is 1.70. The van der Waals surface area contributed by atoms with Gasteiger partial charge in [0.2, 0.25) is 0 Å². The molecular formula is C14H12F4N2. The standard InChI is InChI=1S/C14H12F4N2/c1-8-11(19)3-2-4-12(8)20-13-7-9(14(16,17)18)5-6-10(13)15/h2-7,20H,19H2,1H3. The van der Waals surface area contributed by atoms with Gasteiger partial charge < -0.3 is 11.1 Å². The molecular weight excluding hydrogens is 272 g/mol. The molecule has 3 N–H and O–H groups in total. The van der Waals surface area contributed by atoms with E-state index in [1.54, 1.807) is 25.1 Å². The van der Waals surface area contributed by atoms with Crippen molar-refractivity contribution in [1.29, 1.82) is 0 Å². The van der Waals surface area contributed by atoms with E-state index in [9.17, 15) is 17.6 Å². The van der Waals surface area contributed by atoms with Gasteiger partial charge in [-0.05, 0) is 42.8 Å². The maximum absolute atomic E-state index is 13.6. The maximum atomic E-state index is 13.6. The zero-order chi connectivity index (χ0) is 14.9. The smallest absolute Gasteiger partial charge is 0.398 e. The van der Waals surface area contributed by atoms with Crippen LogP contribution in [0.15, 0.2) is 36.4 Å². The summed E-state index contributed by atoms with van der Waals surface area (Å²) in [5.74, 6) is -0.764. The molecule has 0 fully saturated rings. The molecule has 6 heteroatoms. The molecule has 20 heavy (non-hydrogen) atoms. The summed E-state index contributed by atoms with van der Waals surface area (Å²) in [5.41, 5.74) is 6.12. The van der Waals surface area contributed by atoms with E-state index in [0.717, 1.165) is 12.1 Å². The fraction of sp³-hybridized carbons (Fsp3) is 0.143. The van der Waals surface area contributed by atoms with Crippen molar-refractivity contribution >= 4 is 17.1 Å². The Morgan fingerprint density at radius 1 is 1.05 bits per heavy atom. The van der Waals surface area contributed by atoms with Crippen molar-refractivity contribution in [2.45, 2.75) is 13.1 Å². The predicted octanol–water partition coefficient (Wildman–Crippen LogP) is 4.48. The fourth-order valence-corrected chi connectivity index (χ4v) is 1.73. The number of nitrogens with one attached hydrogen (secondary N) is 1. The van der Waals surface area contributed by atoms with Gasteiger partial charge in [-0.2, -0.15) is 13.2 Å². The van der Waals surface area contributed by atoms with Crippen LogP contribution in [0.4, 0.5) is 34.6 Å². The Hall–Kier alpha value is -2.24. The van der Waals surface area contributed by atoms with E-state index in [1.165, 1.54) is 0 Å². The summed E-state index contributed by atoms with van der Waals surface area (Å²) >= 11 is 0. The predicted molar refractivity (Wildman–Crippen MR) is 70.3 cm³/mol. The second-order valence-corrected chi connectivity index (χ2v) is 4.34. The van der Waals surface area contributed by atoms with E-state index >= 15 is 0 Å². The molecule has 0 heterocycles. The number of rotatable bonds is 2. The third-order valence-corrected chi connectivity index (χ3v) is 2.94. The first-order valence-corrected chi connectivity index (χ1v) is 5.78. The van der Waals surface area contributed by atoms with Gasteiger partial charge in [-0.15, -0.1) is 0 Å². The van der Waals surface area contributed by atoms with Crippen LogP contribution in [0.2, 0.25) is 0 Å². The number of nitrogen functional groups attached to an aromatic ring is 1. The van der Waals surface area contributed by atoms with Gasteiger partial charge in [0.15, 0.2) is 0 Å².